The number of fused-ring (bicyclic) bond motifs is 1. The minimum atomic E-state index is 0.167. The van der Waals surface area contributed by atoms with Crippen molar-refractivity contribution in [2.75, 3.05) is 0 Å². The van der Waals surface area contributed by atoms with Crippen molar-refractivity contribution in [1.29, 1.82) is 0 Å². The summed E-state index contributed by atoms with van der Waals surface area (Å²) < 4.78 is 0. The fraction of sp³-hybridized carbons (Fsp3) is 0.393. The molecule has 1 amide bonds. The Morgan fingerprint density at radius 1 is 0.933 bits per heavy atom. The molecule has 2 nitrogen and oxygen atoms in total. The number of hydrogen-bond donors (Lipinski definition) is 0. The standard InChI is InChI=1S/C28H33NO/c1-20(2)24-17-16-21(3)18-27(24)29(19-22-10-5-4-6-11-22)28(30)26-15-9-13-23-12-7-8-14-25(23)26/h4-15,20-21,24,27H,16-19H2,1-3H3/t21-,24-,27+/m0/s1. The molecule has 0 radical (unpaired) electrons. The van der Waals surface area contributed by atoms with Gasteiger partial charge >= 0.3 is 0 Å². The first-order valence-electron chi connectivity index (χ1n) is 11.4. The summed E-state index contributed by atoms with van der Waals surface area (Å²) in [6.07, 6.45) is 3.56. The Morgan fingerprint density at radius 2 is 1.63 bits per heavy atom. The first-order chi connectivity index (χ1) is 14.5. The molecule has 0 aliphatic heterocycles. The molecule has 3 aromatic carbocycles. The number of benzene rings is 3. The fourth-order valence-electron chi connectivity index (χ4n) is 5.20. The van der Waals surface area contributed by atoms with E-state index in [1.807, 2.05) is 30.3 Å². The molecule has 0 bridgehead atoms. The predicted molar refractivity (Wildman–Crippen MR) is 125 cm³/mol. The lowest BCUT2D eigenvalue weighted by Gasteiger charge is -2.44. The van der Waals surface area contributed by atoms with Crippen LogP contribution >= 0.6 is 0 Å². The van der Waals surface area contributed by atoms with Crippen LogP contribution < -0.4 is 0 Å². The van der Waals surface area contributed by atoms with Gasteiger partial charge in [0.05, 0.1) is 0 Å². The maximum atomic E-state index is 14.1. The number of hydrogen-bond acceptors (Lipinski definition) is 1. The lowest BCUT2D eigenvalue weighted by molar-refractivity contribution is 0.0368. The molecule has 1 saturated carbocycles. The van der Waals surface area contributed by atoms with Gasteiger partial charge in [-0.2, -0.15) is 0 Å². The number of rotatable bonds is 5. The van der Waals surface area contributed by atoms with E-state index in [2.05, 4.69) is 68.1 Å². The van der Waals surface area contributed by atoms with Crippen molar-refractivity contribution in [1.82, 2.24) is 4.90 Å². The first kappa shape index (κ1) is 20.7. The molecule has 1 fully saturated rings. The normalized spacial score (nSPS) is 21.7. The van der Waals surface area contributed by atoms with Crippen molar-refractivity contribution in [3.8, 4) is 0 Å². The molecule has 30 heavy (non-hydrogen) atoms. The number of carbonyl (C=O) groups is 1. The van der Waals surface area contributed by atoms with Gasteiger partial charge in [0.2, 0.25) is 0 Å². The second-order valence-electron chi connectivity index (χ2n) is 9.34. The quantitative estimate of drug-likeness (QED) is 0.455. The van der Waals surface area contributed by atoms with Crippen LogP contribution in [0.25, 0.3) is 10.8 Å². The van der Waals surface area contributed by atoms with Crippen molar-refractivity contribution in [3.63, 3.8) is 0 Å². The average molecular weight is 400 g/mol. The zero-order valence-electron chi connectivity index (χ0n) is 18.4. The summed E-state index contributed by atoms with van der Waals surface area (Å²) >= 11 is 0. The van der Waals surface area contributed by atoms with Gasteiger partial charge in [0, 0.05) is 18.2 Å². The van der Waals surface area contributed by atoms with Gasteiger partial charge in [0.15, 0.2) is 0 Å². The Kier molecular flexibility index (Phi) is 6.22. The van der Waals surface area contributed by atoms with E-state index in [0.29, 0.717) is 24.3 Å². The maximum Gasteiger partial charge on any atom is 0.255 e. The molecule has 0 N–H and O–H groups in total. The topological polar surface area (TPSA) is 20.3 Å². The van der Waals surface area contributed by atoms with E-state index in [-0.39, 0.29) is 11.9 Å². The molecule has 3 aromatic rings. The minimum Gasteiger partial charge on any atom is -0.331 e. The van der Waals surface area contributed by atoms with Crippen molar-refractivity contribution < 1.29 is 4.79 Å². The van der Waals surface area contributed by atoms with E-state index in [1.54, 1.807) is 0 Å². The Morgan fingerprint density at radius 3 is 2.40 bits per heavy atom. The van der Waals surface area contributed by atoms with Crippen LogP contribution in [0.3, 0.4) is 0 Å². The zero-order valence-corrected chi connectivity index (χ0v) is 18.4. The highest BCUT2D eigenvalue weighted by molar-refractivity contribution is 6.07. The number of amides is 1. The van der Waals surface area contributed by atoms with E-state index < -0.39 is 0 Å². The van der Waals surface area contributed by atoms with Crippen LogP contribution in [0.15, 0.2) is 72.8 Å². The van der Waals surface area contributed by atoms with Gasteiger partial charge in [-0.1, -0.05) is 93.9 Å². The average Bonchev–Trinajstić information content (AvgIpc) is 2.77. The number of nitrogens with zero attached hydrogens (tertiary/aromatic N) is 1. The largest absolute Gasteiger partial charge is 0.331 e. The predicted octanol–water partition coefficient (Wildman–Crippen LogP) is 6.94. The summed E-state index contributed by atoms with van der Waals surface area (Å²) in [6, 6.07) is 25.1. The van der Waals surface area contributed by atoms with Gasteiger partial charge in [-0.05, 0) is 53.0 Å². The second-order valence-corrected chi connectivity index (χ2v) is 9.34. The van der Waals surface area contributed by atoms with Crippen molar-refractivity contribution in [2.45, 2.75) is 52.6 Å². The number of carbonyl (C=O) groups excluding carboxylic acids is 1. The van der Waals surface area contributed by atoms with E-state index in [9.17, 15) is 4.79 Å². The molecule has 0 spiro atoms. The second kappa shape index (κ2) is 9.04. The smallest absolute Gasteiger partial charge is 0.255 e. The Hall–Kier alpha value is -2.61. The van der Waals surface area contributed by atoms with Gasteiger partial charge in [0.1, 0.15) is 0 Å². The van der Waals surface area contributed by atoms with Crippen LogP contribution in [0.1, 0.15) is 56.0 Å². The highest BCUT2D eigenvalue weighted by Gasteiger charge is 2.37. The SMILES string of the molecule is CC(C)[C@@H]1CC[C@H](C)C[C@H]1N(Cc1ccccc1)C(=O)c1cccc2ccccc12. The molecule has 0 saturated heterocycles. The molecule has 2 heteroatoms. The van der Waals surface area contributed by atoms with Crippen LogP contribution in [-0.4, -0.2) is 16.8 Å². The van der Waals surface area contributed by atoms with Gasteiger partial charge < -0.3 is 4.90 Å². The molecule has 1 aliphatic carbocycles. The fourth-order valence-corrected chi connectivity index (χ4v) is 5.20. The Bertz CT molecular complexity index is 988. The molecule has 0 aromatic heterocycles. The van der Waals surface area contributed by atoms with Crippen LogP contribution in [0.4, 0.5) is 0 Å². The third-order valence-electron chi connectivity index (χ3n) is 6.86. The monoisotopic (exact) mass is 399 g/mol. The lowest BCUT2D eigenvalue weighted by atomic mass is 9.73. The molecule has 1 aliphatic rings. The van der Waals surface area contributed by atoms with E-state index in [0.717, 1.165) is 22.8 Å². The highest BCUT2D eigenvalue weighted by Crippen LogP contribution is 2.38. The molecule has 156 valence electrons. The van der Waals surface area contributed by atoms with Gasteiger partial charge in [0.25, 0.3) is 5.91 Å². The molecule has 4 rings (SSSR count). The van der Waals surface area contributed by atoms with E-state index in [1.165, 1.54) is 18.4 Å². The third kappa shape index (κ3) is 4.28. The van der Waals surface area contributed by atoms with E-state index >= 15 is 0 Å². The van der Waals surface area contributed by atoms with Crippen LogP contribution in [0.5, 0.6) is 0 Å². The van der Waals surface area contributed by atoms with Crippen LogP contribution in [0.2, 0.25) is 0 Å². The Labute approximate surface area is 180 Å². The summed E-state index contributed by atoms with van der Waals surface area (Å²) in [5, 5.41) is 2.17. The molecule has 0 unspecified atom stereocenters. The summed E-state index contributed by atoms with van der Waals surface area (Å²) in [7, 11) is 0. The molecular formula is C28H33NO. The minimum absolute atomic E-state index is 0.167. The first-order valence-corrected chi connectivity index (χ1v) is 11.4. The van der Waals surface area contributed by atoms with Crippen molar-refractivity contribution in [2.24, 2.45) is 17.8 Å². The van der Waals surface area contributed by atoms with Crippen LogP contribution in [0, 0.1) is 17.8 Å². The highest BCUT2D eigenvalue weighted by atomic mass is 16.2. The molecule has 0 heterocycles. The summed E-state index contributed by atoms with van der Waals surface area (Å²) in [6.45, 7) is 7.64. The molecular weight excluding hydrogens is 366 g/mol. The zero-order chi connectivity index (χ0) is 21.1. The Balaban J connectivity index is 1.77. The van der Waals surface area contributed by atoms with Gasteiger partial charge in [-0.25, -0.2) is 0 Å². The van der Waals surface area contributed by atoms with Gasteiger partial charge in [-0.3, -0.25) is 4.79 Å². The van der Waals surface area contributed by atoms with Gasteiger partial charge in [-0.15, -0.1) is 0 Å². The maximum absolute atomic E-state index is 14.1. The van der Waals surface area contributed by atoms with E-state index in [4.69, 9.17) is 0 Å². The van der Waals surface area contributed by atoms with Crippen LogP contribution in [-0.2, 0) is 6.54 Å². The molecule has 3 atom stereocenters. The summed E-state index contributed by atoms with van der Waals surface area (Å²) in [5.41, 5.74) is 2.02. The third-order valence-corrected chi connectivity index (χ3v) is 6.86. The van der Waals surface area contributed by atoms with Crippen molar-refractivity contribution in [3.05, 3.63) is 83.9 Å². The lowest BCUT2D eigenvalue weighted by Crippen LogP contribution is -2.48. The summed E-state index contributed by atoms with van der Waals surface area (Å²) in [4.78, 5) is 16.3. The van der Waals surface area contributed by atoms with Crippen molar-refractivity contribution >= 4 is 16.7 Å². The summed E-state index contributed by atoms with van der Waals surface area (Å²) in [5.74, 6) is 1.94.